The zero-order valence-electron chi connectivity index (χ0n) is 27.2. The molecule has 0 unspecified atom stereocenters. The molecule has 1 aromatic carbocycles. The second-order valence-electron chi connectivity index (χ2n) is 13.7. The highest BCUT2D eigenvalue weighted by atomic mass is 28.4. The van der Waals surface area contributed by atoms with E-state index in [0.717, 1.165) is 58.6 Å². The number of hydrogen-bond acceptors (Lipinski definition) is 6. The van der Waals surface area contributed by atoms with Gasteiger partial charge in [-0.15, -0.1) is 0 Å². The van der Waals surface area contributed by atoms with Gasteiger partial charge in [-0.3, -0.25) is 4.98 Å². The number of nitrogens with one attached hydrogen (secondary N) is 1. The van der Waals surface area contributed by atoms with Crippen LogP contribution in [0.15, 0.2) is 60.8 Å². The van der Waals surface area contributed by atoms with Crippen LogP contribution in [-0.4, -0.2) is 39.8 Å². The highest BCUT2D eigenvalue weighted by Crippen LogP contribution is 2.37. The Morgan fingerprint density at radius 1 is 1.00 bits per heavy atom. The van der Waals surface area contributed by atoms with E-state index in [2.05, 4.69) is 69.4 Å². The molecule has 9 heteroatoms. The van der Waals surface area contributed by atoms with Gasteiger partial charge in [-0.2, -0.15) is 5.10 Å². The molecular formula is C34H47N5O3Si. The lowest BCUT2D eigenvalue weighted by Crippen LogP contribution is -2.40. The molecular weight excluding hydrogens is 554 g/mol. The number of benzene rings is 1. The van der Waals surface area contributed by atoms with E-state index in [0.29, 0.717) is 6.61 Å². The first-order valence-electron chi connectivity index (χ1n) is 15.2. The van der Waals surface area contributed by atoms with Gasteiger partial charge >= 0.3 is 6.09 Å². The lowest BCUT2D eigenvalue weighted by Gasteiger charge is -2.36. The Labute approximate surface area is 257 Å². The molecule has 1 amide bonds. The van der Waals surface area contributed by atoms with Crippen molar-refractivity contribution in [1.29, 1.82) is 0 Å². The number of amides is 1. The average molecular weight is 602 g/mol. The number of rotatable bonds is 10. The van der Waals surface area contributed by atoms with Crippen LogP contribution in [-0.2, 0) is 15.8 Å². The summed E-state index contributed by atoms with van der Waals surface area (Å²) in [6.07, 6.45) is 4.18. The lowest BCUT2D eigenvalue weighted by molar-refractivity contribution is 0.0499. The Hall–Kier alpha value is -3.56. The summed E-state index contributed by atoms with van der Waals surface area (Å²) in [5, 5.41) is 8.85. The summed E-state index contributed by atoms with van der Waals surface area (Å²) in [6, 6.07) is 17.9. The quantitative estimate of drug-likeness (QED) is 0.183. The van der Waals surface area contributed by atoms with Crippen molar-refractivity contribution in [3.8, 4) is 17.1 Å². The van der Waals surface area contributed by atoms with E-state index in [-0.39, 0.29) is 11.1 Å². The average Bonchev–Trinajstić information content (AvgIpc) is 3.36. The molecule has 0 aliphatic heterocycles. The zero-order valence-corrected chi connectivity index (χ0v) is 28.2. The zero-order chi connectivity index (χ0) is 31.4. The minimum absolute atomic E-state index is 0.131. The fraction of sp³-hybridized carbons (Fsp3) is 0.471. The summed E-state index contributed by atoms with van der Waals surface area (Å²) in [5.41, 5.74) is 3.84. The largest absolute Gasteiger partial charge is 0.444 e. The van der Waals surface area contributed by atoms with Crippen molar-refractivity contribution >= 4 is 25.3 Å². The third kappa shape index (κ3) is 8.29. The Kier molecular flexibility index (Phi) is 9.76. The van der Waals surface area contributed by atoms with Crippen LogP contribution in [0.4, 0.5) is 4.79 Å². The molecule has 1 atom stereocenters. The van der Waals surface area contributed by atoms with Crippen LogP contribution in [0.2, 0.25) is 18.1 Å². The molecule has 0 aliphatic rings. The van der Waals surface area contributed by atoms with Crippen LogP contribution >= 0.6 is 0 Å². The molecule has 0 saturated heterocycles. The van der Waals surface area contributed by atoms with E-state index >= 15 is 0 Å². The van der Waals surface area contributed by atoms with Crippen LogP contribution in [0, 0.1) is 0 Å². The number of carbonyl (C=O) groups is 1. The van der Waals surface area contributed by atoms with Gasteiger partial charge < -0.3 is 14.5 Å². The van der Waals surface area contributed by atoms with E-state index in [9.17, 15) is 4.79 Å². The van der Waals surface area contributed by atoms with Crippen molar-refractivity contribution < 1.29 is 14.0 Å². The molecule has 230 valence electrons. The summed E-state index contributed by atoms with van der Waals surface area (Å²) in [5.74, 6) is 0.742. The van der Waals surface area contributed by atoms with Gasteiger partial charge in [-0.1, -0.05) is 64.8 Å². The topological polar surface area (TPSA) is 91.2 Å². The maximum absolute atomic E-state index is 12.6. The van der Waals surface area contributed by atoms with Gasteiger partial charge in [0.15, 0.2) is 14.1 Å². The van der Waals surface area contributed by atoms with Crippen molar-refractivity contribution in [3.63, 3.8) is 0 Å². The fourth-order valence-corrected chi connectivity index (χ4v) is 5.40. The summed E-state index contributed by atoms with van der Waals surface area (Å²) in [4.78, 5) is 22.5. The van der Waals surface area contributed by atoms with Crippen LogP contribution in [0.25, 0.3) is 28.0 Å². The van der Waals surface area contributed by atoms with Gasteiger partial charge in [0.1, 0.15) is 5.60 Å². The number of pyridine rings is 2. The number of hydrogen-bond donors (Lipinski definition) is 1. The van der Waals surface area contributed by atoms with Gasteiger partial charge in [0.05, 0.1) is 41.4 Å². The SMILES string of the molecule is CCCC[C@H](NC(=O)OC(C)(C)C)c1cccc(-c2ccc3cnn(-c4cccc(CO[Si](C)(C)C(C)(C)C)n4)c3c2)n1. The number of carbonyl (C=O) groups excluding carboxylic acids is 1. The molecule has 3 heterocycles. The van der Waals surface area contributed by atoms with Crippen molar-refractivity contribution in [1.82, 2.24) is 25.1 Å². The summed E-state index contributed by atoms with van der Waals surface area (Å²) in [7, 11) is -1.90. The van der Waals surface area contributed by atoms with Gasteiger partial charge in [0, 0.05) is 10.9 Å². The Bertz CT molecular complexity index is 1550. The number of unbranched alkanes of at least 4 members (excludes halogenated alkanes) is 1. The lowest BCUT2D eigenvalue weighted by atomic mass is 10.0. The first-order chi connectivity index (χ1) is 20.2. The normalized spacial score (nSPS) is 13.2. The third-order valence-corrected chi connectivity index (χ3v) is 12.4. The molecule has 43 heavy (non-hydrogen) atoms. The van der Waals surface area contributed by atoms with Crippen LogP contribution < -0.4 is 5.32 Å². The number of nitrogens with zero attached hydrogens (tertiary/aromatic N) is 4. The predicted octanol–water partition coefficient (Wildman–Crippen LogP) is 8.76. The highest BCUT2D eigenvalue weighted by molar-refractivity contribution is 6.74. The van der Waals surface area contributed by atoms with Gasteiger partial charge in [0.25, 0.3) is 0 Å². The van der Waals surface area contributed by atoms with Gasteiger partial charge in [-0.05, 0) is 75.7 Å². The van der Waals surface area contributed by atoms with Gasteiger partial charge in [-0.25, -0.2) is 14.5 Å². The second-order valence-corrected chi connectivity index (χ2v) is 18.5. The maximum atomic E-state index is 12.6. The number of fused-ring (bicyclic) bond motifs is 1. The van der Waals surface area contributed by atoms with Crippen molar-refractivity contribution in [2.75, 3.05) is 0 Å². The first kappa shape index (κ1) is 32.4. The van der Waals surface area contributed by atoms with Crippen LogP contribution in [0.3, 0.4) is 0 Å². The van der Waals surface area contributed by atoms with Crippen LogP contribution in [0.5, 0.6) is 0 Å². The standard InChI is InChI=1S/C34H47N5O3Si/c1-10-11-15-29(38-32(40)42-33(2,3)4)28-17-13-16-27(37-28)24-19-20-25-22-35-39(30(25)21-24)31-18-12-14-26(36-31)23-41-43(8,9)34(5,6)7/h12-14,16-22,29H,10-11,15,23H2,1-9H3,(H,38,40)/t29-/m0/s1. The summed E-state index contributed by atoms with van der Waals surface area (Å²) < 4.78 is 13.8. The Morgan fingerprint density at radius 3 is 2.44 bits per heavy atom. The molecule has 1 N–H and O–H groups in total. The smallest absolute Gasteiger partial charge is 0.408 e. The van der Waals surface area contributed by atoms with E-state index in [4.69, 9.17) is 19.1 Å². The van der Waals surface area contributed by atoms with E-state index in [1.807, 2.05) is 68.0 Å². The maximum Gasteiger partial charge on any atom is 0.408 e. The minimum atomic E-state index is -1.90. The monoisotopic (exact) mass is 601 g/mol. The van der Waals surface area contributed by atoms with Crippen LogP contribution in [0.1, 0.15) is 85.2 Å². The predicted molar refractivity (Wildman–Crippen MR) is 176 cm³/mol. The summed E-state index contributed by atoms with van der Waals surface area (Å²) >= 11 is 0. The molecule has 0 spiro atoms. The molecule has 3 aromatic heterocycles. The molecule has 4 aromatic rings. The Balaban J connectivity index is 1.62. The number of ether oxygens (including phenoxy) is 1. The third-order valence-electron chi connectivity index (χ3n) is 7.93. The summed E-state index contributed by atoms with van der Waals surface area (Å²) in [6.45, 7) is 19.4. The number of aromatic nitrogens is 4. The molecule has 0 saturated carbocycles. The number of alkyl carbamates (subject to hydrolysis) is 1. The molecule has 0 aliphatic carbocycles. The first-order valence-corrected chi connectivity index (χ1v) is 18.1. The Morgan fingerprint density at radius 2 is 1.74 bits per heavy atom. The molecule has 0 bridgehead atoms. The molecule has 4 rings (SSSR count). The second kappa shape index (κ2) is 13.0. The molecule has 0 radical (unpaired) electrons. The van der Waals surface area contributed by atoms with E-state index in [1.165, 1.54) is 0 Å². The van der Waals surface area contributed by atoms with E-state index in [1.54, 1.807) is 0 Å². The van der Waals surface area contributed by atoms with Crippen molar-refractivity contribution in [2.45, 2.75) is 104 Å². The molecule has 8 nitrogen and oxygen atoms in total. The van der Waals surface area contributed by atoms with E-state index < -0.39 is 20.0 Å². The van der Waals surface area contributed by atoms with Crippen molar-refractivity contribution in [3.05, 3.63) is 72.2 Å². The van der Waals surface area contributed by atoms with Crippen molar-refractivity contribution in [2.24, 2.45) is 0 Å². The molecule has 0 fully saturated rings. The fourth-order valence-electron chi connectivity index (χ4n) is 4.45. The highest BCUT2D eigenvalue weighted by Gasteiger charge is 2.37. The minimum Gasteiger partial charge on any atom is -0.444 e. The van der Waals surface area contributed by atoms with Gasteiger partial charge in [0.2, 0.25) is 0 Å².